The van der Waals surface area contributed by atoms with Crippen LogP contribution in [0.25, 0.3) is 0 Å². The third kappa shape index (κ3) is 5.09. The summed E-state index contributed by atoms with van der Waals surface area (Å²) in [6, 6.07) is 8.16. The van der Waals surface area contributed by atoms with Gasteiger partial charge in [-0.15, -0.1) is 0 Å². The Morgan fingerprint density at radius 1 is 1.43 bits per heavy atom. The molecule has 2 atom stereocenters. The van der Waals surface area contributed by atoms with Crippen molar-refractivity contribution in [2.24, 2.45) is 5.92 Å². The van der Waals surface area contributed by atoms with Crippen molar-refractivity contribution in [2.45, 2.75) is 38.7 Å². The Hall–Kier alpha value is -0.910. The third-order valence-corrected chi connectivity index (χ3v) is 5.38. The van der Waals surface area contributed by atoms with E-state index in [0.29, 0.717) is 25.9 Å². The van der Waals surface area contributed by atoms with E-state index in [1.54, 1.807) is 4.31 Å². The molecule has 1 N–H and O–H groups in total. The highest BCUT2D eigenvalue weighted by Crippen LogP contribution is 2.23. The Labute approximate surface area is 127 Å². The van der Waals surface area contributed by atoms with Gasteiger partial charge in [0.2, 0.25) is 10.0 Å². The lowest BCUT2D eigenvalue weighted by Gasteiger charge is -2.32. The molecule has 21 heavy (non-hydrogen) atoms. The zero-order valence-corrected chi connectivity index (χ0v) is 13.6. The van der Waals surface area contributed by atoms with E-state index in [4.69, 9.17) is 0 Å². The largest absolute Gasteiger partial charge is 0.393 e. The fourth-order valence-corrected chi connectivity index (χ4v) is 4.04. The van der Waals surface area contributed by atoms with Gasteiger partial charge in [0.1, 0.15) is 0 Å². The van der Waals surface area contributed by atoms with Gasteiger partial charge in [0, 0.05) is 13.1 Å². The molecule has 1 aliphatic rings. The van der Waals surface area contributed by atoms with Gasteiger partial charge < -0.3 is 5.11 Å². The van der Waals surface area contributed by atoms with Crippen molar-refractivity contribution < 1.29 is 13.5 Å². The number of sulfonamides is 1. The van der Waals surface area contributed by atoms with Crippen LogP contribution in [-0.2, 0) is 16.4 Å². The number of hydrogen-bond donors (Lipinski definition) is 1. The zero-order chi connectivity index (χ0) is 15.5. The molecular weight excluding hydrogens is 286 g/mol. The van der Waals surface area contributed by atoms with Gasteiger partial charge in [-0.2, -0.15) is 0 Å². The molecule has 5 heteroatoms. The Morgan fingerprint density at radius 2 is 2.19 bits per heavy atom. The summed E-state index contributed by atoms with van der Waals surface area (Å²) in [5, 5.41) is 10.3. The van der Waals surface area contributed by atoms with Crippen LogP contribution in [0.15, 0.2) is 24.3 Å². The summed E-state index contributed by atoms with van der Waals surface area (Å²) in [5.41, 5.74) is 2.33. The van der Waals surface area contributed by atoms with E-state index in [-0.39, 0.29) is 5.92 Å². The summed E-state index contributed by atoms with van der Waals surface area (Å²) in [6.45, 7) is 3.20. The first-order valence-electron chi connectivity index (χ1n) is 7.53. The van der Waals surface area contributed by atoms with E-state index in [9.17, 15) is 13.5 Å². The average molecular weight is 311 g/mol. The molecule has 0 saturated carbocycles. The van der Waals surface area contributed by atoms with Crippen LogP contribution in [0.2, 0.25) is 0 Å². The molecule has 0 radical (unpaired) electrons. The molecule has 2 unspecified atom stereocenters. The van der Waals surface area contributed by atoms with E-state index in [0.717, 1.165) is 18.4 Å². The van der Waals surface area contributed by atoms with Gasteiger partial charge in [-0.25, -0.2) is 12.7 Å². The minimum atomic E-state index is -3.11. The van der Waals surface area contributed by atoms with Gasteiger partial charge in [-0.3, -0.25) is 0 Å². The minimum Gasteiger partial charge on any atom is -0.393 e. The Balaban J connectivity index is 1.89. The normalized spacial score (nSPS) is 22.1. The van der Waals surface area contributed by atoms with Crippen molar-refractivity contribution in [3.8, 4) is 0 Å². The molecule has 0 aliphatic carbocycles. The second-order valence-electron chi connectivity index (χ2n) is 6.21. The number of aliphatic hydroxyl groups is 1. The van der Waals surface area contributed by atoms with E-state index < -0.39 is 16.1 Å². The molecule has 1 aliphatic heterocycles. The molecule has 0 amide bonds. The number of nitrogens with zero attached hydrogens (tertiary/aromatic N) is 1. The number of aryl methyl sites for hydroxylation is 1. The summed E-state index contributed by atoms with van der Waals surface area (Å²) >= 11 is 0. The highest BCUT2D eigenvalue weighted by atomic mass is 32.2. The molecular formula is C16H25NO3S. The summed E-state index contributed by atoms with van der Waals surface area (Å²) in [6.07, 6.45) is 4.04. The number of piperidine rings is 1. The number of aliphatic hydroxyl groups excluding tert-OH is 1. The monoisotopic (exact) mass is 311 g/mol. The third-order valence-electron chi connectivity index (χ3n) is 4.11. The molecule has 0 aromatic heterocycles. The SMILES string of the molecule is Cc1cccc(CC(O)CC2CCCN(S(C)(=O)=O)C2)c1. The summed E-state index contributed by atoms with van der Waals surface area (Å²) in [4.78, 5) is 0. The van der Waals surface area contributed by atoms with Crippen LogP contribution in [0.4, 0.5) is 0 Å². The molecule has 4 nitrogen and oxygen atoms in total. The van der Waals surface area contributed by atoms with Crippen LogP contribution in [0.1, 0.15) is 30.4 Å². The van der Waals surface area contributed by atoms with Crippen LogP contribution in [0, 0.1) is 12.8 Å². The van der Waals surface area contributed by atoms with Gasteiger partial charge in [0.05, 0.1) is 12.4 Å². The van der Waals surface area contributed by atoms with Crippen molar-refractivity contribution >= 4 is 10.0 Å². The maximum atomic E-state index is 11.6. The Morgan fingerprint density at radius 3 is 2.86 bits per heavy atom. The molecule has 1 saturated heterocycles. The zero-order valence-electron chi connectivity index (χ0n) is 12.8. The van der Waals surface area contributed by atoms with Gasteiger partial charge in [-0.1, -0.05) is 29.8 Å². The van der Waals surface area contributed by atoms with Crippen molar-refractivity contribution in [3.05, 3.63) is 35.4 Å². The van der Waals surface area contributed by atoms with Gasteiger partial charge in [0.15, 0.2) is 0 Å². The van der Waals surface area contributed by atoms with Crippen LogP contribution in [0.5, 0.6) is 0 Å². The molecule has 1 aromatic rings. The van der Waals surface area contributed by atoms with Crippen molar-refractivity contribution in [3.63, 3.8) is 0 Å². The molecule has 1 fully saturated rings. The van der Waals surface area contributed by atoms with Gasteiger partial charge in [-0.05, 0) is 44.1 Å². The van der Waals surface area contributed by atoms with E-state index in [2.05, 4.69) is 6.07 Å². The van der Waals surface area contributed by atoms with Gasteiger partial charge in [0.25, 0.3) is 0 Å². The number of rotatable bonds is 5. The minimum absolute atomic E-state index is 0.258. The first-order valence-corrected chi connectivity index (χ1v) is 9.38. The Bertz CT molecular complexity index is 571. The van der Waals surface area contributed by atoms with Gasteiger partial charge >= 0.3 is 0 Å². The first kappa shape index (κ1) is 16.5. The quantitative estimate of drug-likeness (QED) is 0.904. The molecule has 0 spiro atoms. The first-order chi connectivity index (χ1) is 9.84. The molecule has 1 aromatic carbocycles. The predicted octanol–water partition coefficient (Wildman–Crippen LogP) is 1.96. The smallest absolute Gasteiger partial charge is 0.211 e. The lowest BCUT2D eigenvalue weighted by Crippen LogP contribution is -2.40. The highest BCUT2D eigenvalue weighted by Gasteiger charge is 2.27. The van der Waals surface area contributed by atoms with Crippen molar-refractivity contribution in [1.82, 2.24) is 4.31 Å². The van der Waals surface area contributed by atoms with Crippen molar-refractivity contribution in [2.75, 3.05) is 19.3 Å². The maximum Gasteiger partial charge on any atom is 0.211 e. The lowest BCUT2D eigenvalue weighted by atomic mass is 9.91. The molecule has 118 valence electrons. The highest BCUT2D eigenvalue weighted by molar-refractivity contribution is 7.88. The fraction of sp³-hybridized carbons (Fsp3) is 0.625. The summed E-state index contributed by atoms with van der Waals surface area (Å²) in [5.74, 6) is 0.258. The fourth-order valence-electron chi connectivity index (χ4n) is 3.10. The number of hydrogen-bond acceptors (Lipinski definition) is 3. The van der Waals surface area contributed by atoms with E-state index in [1.165, 1.54) is 11.8 Å². The van der Waals surface area contributed by atoms with Crippen LogP contribution in [-0.4, -0.2) is 43.3 Å². The van der Waals surface area contributed by atoms with Crippen LogP contribution < -0.4 is 0 Å². The van der Waals surface area contributed by atoms with Crippen molar-refractivity contribution in [1.29, 1.82) is 0 Å². The molecule has 0 bridgehead atoms. The maximum absolute atomic E-state index is 11.6. The second-order valence-corrected chi connectivity index (χ2v) is 8.19. The van der Waals surface area contributed by atoms with Crippen LogP contribution >= 0.6 is 0 Å². The standard InChI is InChI=1S/C16H25NO3S/c1-13-5-3-6-14(9-13)10-16(18)11-15-7-4-8-17(12-15)21(2,19)20/h3,5-6,9,15-16,18H,4,7-8,10-12H2,1-2H3. The van der Waals surface area contributed by atoms with Crippen LogP contribution in [0.3, 0.4) is 0 Å². The molecule has 2 rings (SSSR count). The topological polar surface area (TPSA) is 57.6 Å². The summed E-state index contributed by atoms with van der Waals surface area (Å²) < 4.78 is 24.8. The van der Waals surface area contributed by atoms with E-state index in [1.807, 2.05) is 25.1 Å². The molecule has 1 heterocycles. The Kier molecular flexibility index (Phi) is 5.41. The van der Waals surface area contributed by atoms with E-state index >= 15 is 0 Å². The lowest BCUT2D eigenvalue weighted by molar-refractivity contribution is 0.122. The summed E-state index contributed by atoms with van der Waals surface area (Å²) in [7, 11) is -3.11. The second kappa shape index (κ2) is 6.90. The average Bonchev–Trinajstić information content (AvgIpc) is 2.37. The predicted molar refractivity (Wildman–Crippen MR) is 84.6 cm³/mol. The number of benzene rings is 1.